The molecule has 1 aromatic carbocycles. The number of carbonyl (C=O) groups is 2. The van der Waals surface area contributed by atoms with Gasteiger partial charge in [0.05, 0.1) is 26.4 Å². The van der Waals surface area contributed by atoms with E-state index < -0.39 is 11.9 Å². The summed E-state index contributed by atoms with van der Waals surface area (Å²) in [6, 6.07) is 5.78. The Morgan fingerprint density at radius 1 is 0.818 bits per heavy atom. The molecule has 118 valence electrons. The molecule has 1 aromatic rings. The predicted octanol–water partition coefficient (Wildman–Crippen LogP) is 0.390. The molecular weight excluding hydrogens is 292 g/mol. The van der Waals surface area contributed by atoms with Gasteiger partial charge in [0, 0.05) is 0 Å². The third kappa shape index (κ3) is 5.87. The lowest BCUT2D eigenvalue weighted by molar-refractivity contribution is -0.130. The molecule has 0 spiro atoms. The monoisotopic (exact) mass is 308 g/mol. The molecule has 0 amide bonds. The molecule has 0 aliphatic rings. The molecule has 0 radical (unpaired) electrons. The lowest BCUT2D eigenvalue weighted by Gasteiger charge is -2.05. The number of nitrogens with two attached hydrogens (primary N) is 2. The van der Waals surface area contributed by atoms with Gasteiger partial charge in [-0.2, -0.15) is 0 Å². The van der Waals surface area contributed by atoms with Gasteiger partial charge in [-0.3, -0.25) is 0 Å². The van der Waals surface area contributed by atoms with Crippen molar-refractivity contribution in [2.24, 2.45) is 11.5 Å². The molecule has 0 aliphatic carbocycles. The minimum atomic E-state index is -0.695. The van der Waals surface area contributed by atoms with Crippen LogP contribution in [0.15, 0.2) is 48.2 Å². The molecule has 8 heteroatoms. The Morgan fingerprint density at radius 2 is 1.14 bits per heavy atom. The van der Waals surface area contributed by atoms with Crippen molar-refractivity contribution in [1.82, 2.24) is 0 Å². The molecule has 0 unspecified atom stereocenters. The van der Waals surface area contributed by atoms with Crippen molar-refractivity contribution in [2.75, 3.05) is 14.2 Å². The van der Waals surface area contributed by atoms with Crippen LogP contribution in [0.2, 0.25) is 0 Å². The van der Waals surface area contributed by atoms with E-state index in [4.69, 9.17) is 20.9 Å². The summed E-state index contributed by atoms with van der Waals surface area (Å²) in [5.74, 6) is -1.04. The Morgan fingerprint density at radius 3 is 1.41 bits per heavy atom. The first-order valence-corrected chi connectivity index (χ1v) is 6.00. The molecule has 0 atom stereocenters. The topological polar surface area (TPSA) is 123 Å². The van der Waals surface area contributed by atoms with Crippen molar-refractivity contribution in [3.8, 4) is 11.5 Å². The summed E-state index contributed by atoms with van der Waals surface area (Å²) in [6.07, 6.45) is 1.98. The largest absolute Gasteiger partial charge is 0.482 e. The third-order valence-corrected chi connectivity index (χ3v) is 2.25. The second-order valence-corrected chi connectivity index (χ2v) is 3.82. The summed E-state index contributed by atoms with van der Waals surface area (Å²) in [5, 5.41) is 0. The molecule has 4 N–H and O–H groups in total. The normalized spacial score (nSPS) is 11.5. The highest BCUT2D eigenvalue weighted by molar-refractivity contribution is 5.85. The first-order valence-electron chi connectivity index (χ1n) is 6.00. The average Bonchev–Trinajstić information content (AvgIpc) is 2.48. The number of carbonyl (C=O) groups excluding carboxylic acids is 2. The molecule has 0 aromatic heterocycles. The van der Waals surface area contributed by atoms with Gasteiger partial charge < -0.3 is 30.4 Å². The van der Waals surface area contributed by atoms with Crippen LogP contribution < -0.4 is 20.9 Å². The van der Waals surface area contributed by atoms with Gasteiger partial charge in [-0.05, 0) is 24.3 Å². The summed E-state index contributed by atoms with van der Waals surface area (Å²) in [7, 11) is 2.65. The summed E-state index contributed by atoms with van der Waals surface area (Å²) < 4.78 is 19.2. The van der Waals surface area contributed by atoms with E-state index in [2.05, 4.69) is 9.47 Å². The molecular formula is C14H16N2O6. The second kappa shape index (κ2) is 8.20. The molecule has 22 heavy (non-hydrogen) atoms. The quantitative estimate of drug-likeness (QED) is 0.335. The summed E-state index contributed by atoms with van der Waals surface area (Å²) in [4.78, 5) is 22.8. The van der Waals surface area contributed by atoms with Gasteiger partial charge >= 0.3 is 11.9 Å². The maximum absolute atomic E-state index is 11.4. The highest BCUT2D eigenvalue weighted by Gasteiger charge is 2.06. The van der Waals surface area contributed by atoms with Crippen LogP contribution in [0.4, 0.5) is 0 Å². The van der Waals surface area contributed by atoms with E-state index in [-0.39, 0.29) is 23.3 Å². The van der Waals surface area contributed by atoms with Crippen LogP contribution in [0.5, 0.6) is 11.5 Å². The summed E-state index contributed by atoms with van der Waals surface area (Å²) >= 11 is 0. The van der Waals surface area contributed by atoms with Crippen LogP contribution in [-0.2, 0) is 19.1 Å². The first-order chi connectivity index (χ1) is 10.4. The smallest absolute Gasteiger partial charge is 0.341 e. The average molecular weight is 308 g/mol. The zero-order valence-corrected chi connectivity index (χ0v) is 12.1. The van der Waals surface area contributed by atoms with Gasteiger partial charge in [0.25, 0.3) is 0 Å². The number of ether oxygens (including phenoxy) is 4. The predicted molar refractivity (Wildman–Crippen MR) is 76.3 cm³/mol. The fraction of sp³-hybridized carbons (Fsp3) is 0.143. The van der Waals surface area contributed by atoms with Gasteiger partial charge in [0.2, 0.25) is 0 Å². The summed E-state index contributed by atoms with van der Waals surface area (Å²) in [6.45, 7) is 0. The molecule has 0 aliphatic heterocycles. The highest BCUT2D eigenvalue weighted by Crippen LogP contribution is 2.18. The Kier molecular flexibility index (Phi) is 6.30. The number of hydrogen-bond acceptors (Lipinski definition) is 8. The maximum Gasteiger partial charge on any atom is 0.341 e. The third-order valence-electron chi connectivity index (χ3n) is 2.25. The Labute approximate surface area is 126 Å². The van der Waals surface area contributed by atoms with Gasteiger partial charge in [-0.1, -0.05) is 0 Å². The van der Waals surface area contributed by atoms with E-state index in [0.717, 1.165) is 12.2 Å². The van der Waals surface area contributed by atoms with Crippen molar-refractivity contribution >= 4 is 11.9 Å². The first kappa shape index (κ1) is 16.9. The number of methoxy groups -OCH3 is 2. The Hall–Kier alpha value is -3.16. The fourth-order valence-electron chi connectivity index (χ4n) is 1.22. The molecule has 8 nitrogen and oxygen atoms in total. The number of benzene rings is 1. The van der Waals surface area contributed by atoms with E-state index >= 15 is 0 Å². The lowest BCUT2D eigenvalue weighted by Crippen LogP contribution is -2.10. The highest BCUT2D eigenvalue weighted by atomic mass is 16.5. The number of hydrogen-bond donors (Lipinski definition) is 2. The molecule has 0 heterocycles. The van der Waals surface area contributed by atoms with Crippen molar-refractivity contribution in [2.45, 2.75) is 0 Å². The SMILES string of the molecule is CO/C(N)=C\C(=O)Oc1ccc(OC(=O)/C=C(/N)OC)cc1. The van der Waals surface area contributed by atoms with Crippen LogP contribution in [0.25, 0.3) is 0 Å². The second-order valence-electron chi connectivity index (χ2n) is 3.82. The van der Waals surface area contributed by atoms with E-state index in [1.54, 1.807) is 0 Å². The standard InChI is InChI=1S/C14H16N2O6/c1-19-11(15)7-13(17)21-9-3-5-10(6-4-9)22-14(18)8-12(16)20-2/h3-8H,15-16H2,1-2H3/b11-7-,12-8-. The molecule has 0 saturated heterocycles. The Balaban J connectivity index is 2.64. The van der Waals surface area contributed by atoms with Crippen LogP contribution in [0.3, 0.4) is 0 Å². The van der Waals surface area contributed by atoms with E-state index in [1.807, 2.05) is 0 Å². The van der Waals surface area contributed by atoms with Crippen molar-refractivity contribution < 1.29 is 28.5 Å². The van der Waals surface area contributed by atoms with Gasteiger partial charge in [-0.15, -0.1) is 0 Å². The minimum Gasteiger partial charge on any atom is -0.482 e. The van der Waals surface area contributed by atoms with Crippen LogP contribution in [-0.4, -0.2) is 26.2 Å². The van der Waals surface area contributed by atoms with E-state index in [0.29, 0.717) is 0 Å². The number of rotatable bonds is 6. The molecule has 0 fully saturated rings. The van der Waals surface area contributed by atoms with Crippen molar-refractivity contribution in [3.63, 3.8) is 0 Å². The van der Waals surface area contributed by atoms with Crippen LogP contribution >= 0.6 is 0 Å². The van der Waals surface area contributed by atoms with Crippen molar-refractivity contribution in [1.29, 1.82) is 0 Å². The Bertz CT molecular complexity index is 539. The van der Waals surface area contributed by atoms with E-state index in [9.17, 15) is 9.59 Å². The van der Waals surface area contributed by atoms with Gasteiger partial charge in [0.1, 0.15) is 11.5 Å². The zero-order valence-electron chi connectivity index (χ0n) is 12.1. The summed E-state index contributed by atoms with van der Waals surface area (Å²) in [5.41, 5.74) is 10.6. The maximum atomic E-state index is 11.4. The number of esters is 2. The molecule has 0 saturated carbocycles. The fourth-order valence-corrected chi connectivity index (χ4v) is 1.22. The van der Waals surface area contributed by atoms with Crippen LogP contribution in [0, 0.1) is 0 Å². The van der Waals surface area contributed by atoms with Gasteiger partial charge in [0.15, 0.2) is 11.8 Å². The molecule has 1 rings (SSSR count). The van der Waals surface area contributed by atoms with Gasteiger partial charge in [-0.25, -0.2) is 9.59 Å². The lowest BCUT2D eigenvalue weighted by atomic mass is 10.3. The van der Waals surface area contributed by atoms with E-state index in [1.165, 1.54) is 38.5 Å². The van der Waals surface area contributed by atoms with Crippen LogP contribution in [0.1, 0.15) is 0 Å². The zero-order chi connectivity index (χ0) is 16.5. The van der Waals surface area contributed by atoms with Crippen molar-refractivity contribution in [3.05, 3.63) is 48.2 Å². The molecule has 0 bridgehead atoms. The minimum absolute atomic E-state index is 0.0712.